The van der Waals surface area contributed by atoms with E-state index >= 15 is 0 Å². The SMILES string of the molecule is COCC1CCC(COC(=O)c2ccc(C(C)=O)cc2)CC1. The minimum absolute atomic E-state index is 0.00673. The lowest BCUT2D eigenvalue weighted by atomic mass is 9.83. The fraction of sp³-hybridized carbons (Fsp3) is 0.556. The molecule has 2 rings (SSSR count). The molecule has 0 amide bonds. The molecule has 4 nitrogen and oxygen atoms in total. The molecule has 1 aliphatic rings. The van der Waals surface area contributed by atoms with E-state index in [-0.39, 0.29) is 11.8 Å². The summed E-state index contributed by atoms with van der Waals surface area (Å²) >= 11 is 0. The third kappa shape index (κ3) is 4.67. The Kier molecular flexibility index (Phi) is 6.13. The summed E-state index contributed by atoms with van der Waals surface area (Å²) < 4.78 is 10.6. The van der Waals surface area contributed by atoms with Gasteiger partial charge in [0.05, 0.1) is 12.2 Å². The molecule has 4 heteroatoms. The van der Waals surface area contributed by atoms with Gasteiger partial charge in [0, 0.05) is 19.3 Å². The number of methoxy groups -OCH3 is 1. The van der Waals surface area contributed by atoms with E-state index in [9.17, 15) is 9.59 Å². The zero-order valence-electron chi connectivity index (χ0n) is 13.3. The Morgan fingerprint density at radius 2 is 1.45 bits per heavy atom. The van der Waals surface area contributed by atoms with E-state index in [1.165, 1.54) is 6.92 Å². The summed E-state index contributed by atoms with van der Waals surface area (Å²) in [5.74, 6) is 0.784. The number of hydrogen-bond acceptors (Lipinski definition) is 4. The van der Waals surface area contributed by atoms with Gasteiger partial charge in [-0.2, -0.15) is 0 Å². The van der Waals surface area contributed by atoms with E-state index in [2.05, 4.69) is 0 Å². The van der Waals surface area contributed by atoms with E-state index in [0.29, 0.717) is 29.6 Å². The highest BCUT2D eigenvalue weighted by atomic mass is 16.5. The van der Waals surface area contributed by atoms with E-state index in [1.807, 2.05) is 0 Å². The van der Waals surface area contributed by atoms with Crippen molar-refractivity contribution in [1.82, 2.24) is 0 Å². The summed E-state index contributed by atoms with van der Waals surface area (Å²) in [4.78, 5) is 23.2. The minimum Gasteiger partial charge on any atom is -0.462 e. The highest BCUT2D eigenvalue weighted by Crippen LogP contribution is 2.29. The topological polar surface area (TPSA) is 52.6 Å². The van der Waals surface area contributed by atoms with Crippen molar-refractivity contribution in [3.8, 4) is 0 Å². The van der Waals surface area contributed by atoms with Gasteiger partial charge in [0.15, 0.2) is 5.78 Å². The Hall–Kier alpha value is -1.68. The van der Waals surface area contributed by atoms with Crippen molar-refractivity contribution in [2.45, 2.75) is 32.6 Å². The average molecular weight is 304 g/mol. The number of hydrogen-bond donors (Lipinski definition) is 0. The number of esters is 1. The van der Waals surface area contributed by atoms with E-state index in [1.54, 1.807) is 31.4 Å². The molecule has 0 aromatic heterocycles. The number of benzene rings is 1. The van der Waals surface area contributed by atoms with Crippen molar-refractivity contribution in [1.29, 1.82) is 0 Å². The molecule has 0 heterocycles. The Labute approximate surface area is 131 Å². The van der Waals surface area contributed by atoms with Gasteiger partial charge in [-0.3, -0.25) is 4.79 Å². The summed E-state index contributed by atoms with van der Waals surface area (Å²) in [5, 5.41) is 0. The first-order valence-electron chi connectivity index (χ1n) is 7.87. The molecule has 1 fully saturated rings. The first-order chi connectivity index (χ1) is 10.6. The van der Waals surface area contributed by atoms with Crippen LogP contribution in [-0.2, 0) is 9.47 Å². The second-order valence-electron chi connectivity index (χ2n) is 6.07. The molecule has 0 bridgehead atoms. The standard InChI is InChI=1S/C18H24O4/c1-13(19)16-7-9-17(10-8-16)18(20)22-12-15-5-3-14(4-6-15)11-21-2/h7-10,14-15H,3-6,11-12H2,1-2H3. The van der Waals surface area contributed by atoms with Crippen molar-refractivity contribution < 1.29 is 19.1 Å². The van der Waals surface area contributed by atoms with Gasteiger partial charge in [-0.25, -0.2) is 4.79 Å². The largest absolute Gasteiger partial charge is 0.462 e. The Bertz CT molecular complexity index is 498. The number of carbonyl (C=O) groups is 2. The van der Waals surface area contributed by atoms with Gasteiger partial charge in [-0.1, -0.05) is 12.1 Å². The highest BCUT2D eigenvalue weighted by Gasteiger charge is 2.22. The van der Waals surface area contributed by atoms with Crippen LogP contribution in [-0.4, -0.2) is 32.1 Å². The maximum absolute atomic E-state index is 12.0. The first-order valence-corrected chi connectivity index (χ1v) is 7.87. The number of ether oxygens (including phenoxy) is 2. The second kappa shape index (κ2) is 8.08. The first kappa shape index (κ1) is 16.7. The van der Waals surface area contributed by atoms with E-state index < -0.39 is 0 Å². The zero-order valence-corrected chi connectivity index (χ0v) is 13.3. The van der Waals surface area contributed by atoms with Gasteiger partial charge in [-0.05, 0) is 56.6 Å². The predicted octanol–water partition coefficient (Wildman–Crippen LogP) is 3.50. The van der Waals surface area contributed by atoms with Crippen molar-refractivity contribution in [2.24, 2.45) is 11.8 Å². The molecule has 22 heavy (non-hydrogen) atoms. The predicted molar refractivity (Wildman–Crippen MR) is 84.1 cm³/mol. The van der Waals surface area contributed by atoms with Crippen LogP contribution in [0.25, 0.3) is 0 Å². The maximum atomic E-state index is 12.0. The second-order valence-corrected chi connectivity index (χ2v) is 6.07. The maximum Gasteiger partial charge on any atom is 0.338 e. The van der Waals surface area contributed by atoms with Gasteiger partial charge in [0.25, 0.3) is 0 Å². The van der Waals surface area contributed by atoms with Crippen LogP contribution in [0.2, 0.25) is 0 Å². The van der Waals surface area contributed by atoms with Crippen LogP contribution < -0.4 is 0 Å². The molecule has 0 radical (unpaired) electrons. The zero-order chi connectivity index (χ0) is 15.9. The third-order valence-electron chi connectivity index (χ3n) is 4.35. The quantitative estimate of drug-likeness (QED) is 0.596. The normalized spacial score (nSPS) is 21.4. The van der Waals surface area contributed by atoms with Crippen LogP contribution in [0, 0.1) is 11.8 Å². The van der Waals surface area contributed by atoms with Gasteiger partial charge in [0.2, 0.25) is 0 Å². The Morgan fingerprint density at radius 1 is 0.955 bits per heavy atom. The smallest absolute Gasteiger partial charge is 0.338 e. The summed E-state index contributed by atoms with van der Waals surface area (Å²) in [7, 11) is 1.74. The van der Waals surface area contributed by atoms with Crippen molar-refractivity contribution in [3.63, 3.8) is 0 Å². The van der Waals surface area contributed by atoms with Crippen molar-refractivity contribution >= 4 is 11.8 Å². The van der Waals surface area contributed by atoms with Crippen LogP contribution in [0.3, 0.4) is 0 Å². The summed E-state index contributed by atoms with van der Waals surface area (Å²) in [6.07, 6.45) is 4.46. The van der Waals surface area contributed by atoms with Crippen LogP contribution >= 0.6 is 0 Å². The summed E-state index contributed by atoms with van der Waals surface area (Å²) in [6, 6.07) is 6.62. The number of rotatable bonds is 6. The van der Waals surface area contributed by atoms with Crippen LogP contribution in [0.5, 0.6) is 0 Å². The summed E-state index contributed by atoms with van der Waals surface area (Å²) in [6.45, 7) is 2.81. The van der Waals surface area contributed by atoms with E-state index in [0.717, 1.165) is 32.3 Å². The number of ketones is 1. The third-order valence-corrected chi connectivity index (χ3v) is 4.35. The minimum atomic E-state index is -0.311. The van der Waals surface area contributed by atoms with Gasteiger partial charge >= 0.3 is 5.97 Å². The Balaban J connectivity index is 1.77. The van der Waals surface area contributed by atoms with Crippen LogP contribution in [0.15, 0.2) is 24.3 Å². The molecule has 120 valence electrons. The van der Waals surface area contributed by atoms with Gasteiger partial charge in [-0.15, -0.1) is 0 Å². The monoisotopic (exact) mass is 304 g/mol. The van der Waals surface area contributed by atoms with Crippen molar-refractivity contribution in [2.75, 3.05) is 20.3 Å². The molecule has 0 atom stereocenters. The lowest BCUT2D eigenvalue weighted by Gasteiger charge is -2.27. The molecule has 0 N–H and O–H groups in total. The van der Waals surface area contributed by atoms with E-state index in [4.69, 9.17) is 9.47 Å². The molecule has 0 unspecified atom stereocenters. The highest BCUT2D eigenvalue weighted by molar-refractivity contribution is 5.96. The molecular weight excluding hydrogens is 280 g/mol. The van der Waals surface area contributed by atoms with Crippen LogP contribution in [0.1, 0.15) is 53.3 Å². The van der Waals surface area contributed by atoms with Gasteiger partial charge < -0.3 is 9.47 Å². The van der Waals surface area contributed by atoms with Gasteiger partial charge in [0.1, 0.15) is 0 Å². The molecular formula is C18H24O4. The lowest BCUT2D eigenvalue weighted by Crippen LogP contribution is -2.22. The fourth-order valence-electron chi connectivity index (χ4n) is 2.92. The fourth-order valence-corrected chi connectivity index (χ4v) is 2.92. The lowest BCUT2D eigenvalue weighted by molar-refractivity contribution is 0.0368. The molecule has 1 aliphatic carbocycles. The Morgan fingerprint density at radius 3 is 1.95 bits per heavy atom. The molecule has 1 aromatic rings. The molecule has 0 aliphatic heterocycles. The summed E-state index contributed by atoms with van der Waals surface area (Å²) in [5.41, 5.74) is 1.10. The number of carbonyl (C=O) groups excluding carboxylic acids is 2. The average Bonchev–Trinajstić information content (AvgIpc) is 2.54. The molecule has 0 spiro atoms. The molecule has 0 saturated heterocycles. The van der Waals surface area contributed by atoms with Crippen LogP contribution in [0.4, 0.5) is 0 Å². The van der Waals surface area contributed by atoms with Crippen molar-refractivity contribution in [3.05, 3.63) is 35.4 Å². The molecule has 1 saturated carbocycles. The molecule has 1 aromatic carbocycles. The number of Topliss-reactive ketones (excluding diaryl/α,β-unsaturated/α-hetero) is 1.